The normalized spacial score (nSPS) is 28.9. The molecule has 4 atom stereocenters. The average molecular weight is 537 g/mol. The van der Waals surface area contributed by atoms with E-state index in [-0.39, 0.29) is 56.7 Å². The van der Waals surface area contributed by atoms with Crippen LogP contribution < -0.4 is 10.0 Å². The lowest BCUT2D eigenvalue weighted by molar-refractivity contribution is -0.133. The Labute approximate surface area is 212 Å². The Hall–Kier alpha value is -2.60. The zero-order valence-corrected chi connectivity index (χ0v) is 22.4. The Morgan fingerprint density at radius 2 is 1.92 bits per heavy atom. The highest BCUT2D eigenvalue weighted by Crippen LogP contribution is 2.55. The van der Waals surface area contributed by atoms with Crippen molar-refractivity contribution in [2.24, 2.45) is 27.6 Å². The van der Waals surface area contributed by atoms with E-state index in [0.29, 0.717) is 12.5 Å². The third kappa shape index (κ3) is 4.38. The van der Waals surface area contributed by atoms with Crippen LogP contribution in [0.1, 0.15) is 46.5 Å². The molecule has 36 heavy (non-hydrogen) atoms. The van der Waals surface area contributed by atoms with Crippen LogP contribution in [0, 0.1) is 23.2 Å². The Bertz CT molecular complexity index is 1410. The molecular formula is C24H32N4O6S2. The maximum Gasteiger partial charge on any atom is 0.286 e. The van der Waals surface area contributed by atoms with Crippen molar-refractivity contribution in [3.05, 3.63) is 29.5 Å². The number of carbonyl (C=O) groups is 1. The maximum atomic E-state index is 13.8. The monoisotopic (exact) mass is 536 g/mol. The molecule has 12 heteroatoms. The van der Waals surface area contributed by atoms with E-state index in [1.54, 1.807) is 0 Å². The molecule has 2 heterocycles. The molecule has 5 rings (SSSR count). The molecule has 1 aromatic rings. The Kier molecular flexibility index (Phi) is 5.71. The van der Waals surface area contributed by atoms with Crippen molar-refractivity contribution < 1.29 is 26.7 Å². The SMILES string of the molecule is CC(C)(C)CCN1C(=O)C(C2=NS(=O)(=O)c3cc(NS(C)(=O)=O)ccc3N2)=C(O)[C@@H]2[C@H]3CC[C@H](C3)[C@@H]21. The predicted molar refractivity (Wildman–Crippen MR) is 137 cm³/mol. The number of hydrogen-bond acceptors (Lipinski definition) is 7. The number of sulfonamides is 2. The van der Waals surface area contributed by atoms with Crippen molar-refractivity contribution in [2.75, 3.05) is 22.8 Å². The summed E-state index contributed by atoms with van der Waals surface area (Å²) in [6, 6.07) is 3.93. The van der Waals surface area contributed by atoms with Gasteiger partial charge >= 0.3 is 0 Å². The van der Waals surface area contributed by atoms with Gasteiger partial charge in [-0.3, -0.25) is 9.52 Å². The second kappa shape index (κ2) is 8.20. The van der Waals surface area contributed by atoms with Crippen LogP contribution in [0.15, 0.2) is 38.8 Å². The van der Waals surface area contributed by atoms with Gasteiger partial charge < -0.3 is 15.3 Å². The average Bonchev–Trinajstić information content (AvgIpc) is 3.34. The van der Waals surface area contributed by atoms with Gasteiger partial charge in [-0.15, -0.1) is 4.40 Å². The van der Waals surface area contributed by atoms with Crippen LogP contribution in [0.2, 0.25) is 0 Å². The highest BCUT2D eigenvalue weighted by atomic mass is 32.2. The number of nitrogens with zero attached hydrogens (tertiary/aromatic N) is 2. The van der Waals surface area contributed by atoms with Crippen LogP contribution in [0.4, 0.5) is 11.4 Å². The van der Waals surface area contributed by atoms with Gasteiger partial charge in [-0.1, -0.05) is 20.8 Å². The number of amides is 1. The number of carbonyl (C=O) groups excluding carboxylic acids is 1. The molecule has 2 bridgehead atoms. The number of anilines is 2. The molecule has 3 N–H and O–H groups in total. The number of benzene rings is 1. The van der Waals surface area contributed by atoms with Gasteiger partial charge in [0.25, 0.3) is 15.9 Å². The Balaban J connectivity index is 1.55. The van der Waals surface area contributed by atoms with Crippen molar-refractivity contribution in [2.45, 2.75) is 57.4 Å². The molecule has 10 nitrogen and oxygen atoms in total. The Morgan fingerprint density at radius 1 is 1.22 bits per heavy atom. The minimum Gasteiger partial charge on any atom is -0.511 e. The van der Waals surface area contributed by atoms with Crippen molar-refractivity contribution in [3.63, 3.8) is 0 Å². The summed E-state index contributed by atoms with van der Waals surface area (Å²) in [5, 5.41) is 14.3. The zero-order valence-electron chi connectivity index (χ0n) is 20.8. The molecule has 0 spiro atoms. The molecule has 196 valence electrons. The van der Waals surface area contributed by atoms with Gasteiger partial charge in [0.1, 0.15) is 16.2 Å². The highest BCUT2D eigenvalue weighted by molar-refractivity contribution is 7.92. The lowest BCUT2D eigenvalue weighted by Gasteiger charge is -2.44. The van der Waals surface area contributed by atoms with Crippen LogP contribution in [0.3, 0.4) is 0 Å². The van der Waals surface area contributed by atoms with E-state index in [4.69, 9.17) is 0 Å². The van der Waals surface area contributed by atoms with E-state index in [9.17, 15) is 26.7 Å². The van der Waals surface area contributed by atoms with Gasteiger partial charge in [-0.25, -0.2) is 8.42 Å². The molecular weight excluding hydrogens is 504 g/mol. The second-order valence-corrected chi connectivity index (χ2v) is 14.9. The molecule has 0 radical (unpaired) electrons. The summed E-state index contributed by atoms with van der Waals surface area (Å²) in [4.78, 5) is 15.4. The van der Waals surface area contributed by atoms with Crippen LogP contribution >= 0.6 is 0 Å². The van der Waals surface area contributed by atoms with Crippen molar-refractivity contribution in [1.82, 2.24) is 4.90 Å². The minimum atomic E-state index is -4.28. The molecule has 4 aliphatic rings. The number of amidine groups is 1. The standard InChI is InChI=1S/C24H32N4O6S2/c1-24(2,3)9-10-28-20-14-6-5-13(11-14)18(20)21(29)19(23(28)30)22-25-16-8-7-15(26-35(4,31)32)12-17(16)36(33,34)27-22/h7-8,12-14,18,20,26,29H,5-6,9-11H2,1-4H3,(H,25,27)/t13-,14+,18+,20-/m0/s1. The zero-order chi connectivity index (χ0) is 26.2. The van der Waals surface area contributed by atoms with Crippen LogP contribution in [-0.4, -0.2) is 57.4 Å². The van der Waals surface area contributed by atoms with E-state index in [2.05, 4.69) is 35.2 Å². The minimum absolute atomic E-state index is 0.00262. The van der Waals surface area contributed by atoms with E-state index in [1.165, 1.54) is 18.2 Å². The first kappa shape index (κ1) is 25.1. The first-order chi connectivity index (χ1) is 16.6. The summed E-state index contributed by atoms with van der Waals surface area (Å²) in [5.74, 6) is -0.338. The van der Waals surface area contributed by atoms with E-state index in [0.717, 1.165) is 31.9 Å². The first-order valence-corrected chi connectivity index (χ1v) is 15.5. The smallest absolute Gasteiger partial charge is 0.286 e. The topological polar surface area (TPSA) is 145 Å². The lowest BCUT2D eigenvalue weighted by Crippen LogP contribution is -2.54. The highest BCUT2D eigenvalue weighted by Gasteiger charge is 2.57. The summed E-state index contributed by atoms with van der Waals surface area (Å²) < 4.78 is 55.5. The summed E-state index contributed by atoms with van der Waals surface area (Å²) in [7, 11) is -7.89. The van der Waals surface area contributed by atoms with Gasteiger partial charge in [-0.05, 0) is 61.1 Å². The fourth-order valence-corrected chi connectivity index (χ4v) is 7.83. The fraction of sp³-hybridized carbons (Fsp3) is 0.583. The van der Waals surface area contributed by atoms with Gasteiger partial charge in [0.05, 0.1) is 11.9 Å². The van der Waals surface area contributed by atoms with Gasteiger partial charge in [0.2, 0.25) is 10.0 Å². The molecule has 2 saturated carbocycles. The van der Waals surface area contributed by atoms with Gasteiger partial charge in [0, 0.05) is 24.2 Å². The van der Waals surface area contributed by atoms with E-state index in [1.807, 2.05) is 4.90 Å². The molecule has 0 saturated heterocycles. The number of rotatable bonds is 5. The van der Waals surface area contributed by atoms with Crippen LogP contribution in [0.5, 0.6) is 0 Å². The third-order valence-corrected chi connectivity index (χ3v) is 9.57. The predicted octanol–water partition coefficient (Wildman–Crippen LogP) is 3.08. The number of aliphatic hydroxyl groups excluding tert-OH is 1. The van der Waals surface area contributed by atoms with Crippen molar-refractivity contribution >= 4 is 43.2 Å². The summed E-state index contributed by atoms with van der Waals surface area (Å²) in [6.45, 7) is 6.84. The van der Waals surface area contributed by atoms with E-state index >= 15 is 0 Å². The summed E-state index contributed by atoms with van der Waals surface area (Å²) in [6.07, 6.45) is 4.68. The lowest BCUT2D eigenvalue weighted by atomic mass is 9.77. The van der Waals surface area contributed by atoms with Gasteiger partial charge in [-0.2, -0.15) is 8.42 Å². The fourth-order valence-electron chi connectivity index (χ4n) is 6.12. The molecule has 2 fully saturated rings. The van der Waals surface area contributed by atoms with Crippen molar-refractivity contribution in [3.8, 4) is 0 Å². The first-order valence-electron chi connectivity index (χ1n) is 12.1. The number of fused-ring (bicyclic) bond motifs is 6. The van der Waals surface area contributed by atoms with E-state index < -0.39 is 26.0 Å². The van der Waals surface area contributed by atoms with Crippen LogP contribution in [-0.2, 0) is 24.8 Å². The van der Waals surface area contributed by atoms with Gasteiger partial charge in [0.15, 0.2) is 5.84 Å². The Morgan fingerprint density at radius 3 is 2.58 bits per heavy atom. The molecule has 0 unspecified atom stereocenters. The quantitative estimate of drug-likeness (QED) is 0.524. The molecule has 2 aliphatic heterocycles. The number of nitrogens with one attached hydrogen (secondary N) is 2. The maximum absolute atomic E-state index is 13.8. The largest absolute Gasteiger partial charge is 0.511 e. The molecule has 1 amide bonds. The molecule has 2 aliphatic carbocycles. The number of aliphatic hydroxyl groups is 1. The second-order valence-electron chi connectivity index (χ2n) is 11.5. The van der Waals surface area contributed by atoms with Crippen LogP contribution in [0.25, 0.3) is 0 Å². The summed E-state index contributed by atoms with van der Waals surface area (Å²) in [5.41, 5.74) is 0.139. The third-order valence-electron chi connectivity index (χ3n) is 7.65. The number of hydrogen-bond donors (Lipinski definition) is 3. The molecule has 0 aromatic heterocycles. The van der Waals surface area contributed by atoms with Crippen molar-refractivity contribution in [1.29, 1.82) is 0 Å². The summed E-state index contributed by atoms with van der Waals surface area (Å²) >= 11 is 0. The molecule has 1 aromatic carbocycles.